The van der Waals surface area contributed by atoms with Crippen molar-refractivity contribution in [1.29, 1.82) is 0 Å². The molecule has 19 heavy (non-hydrogen) atoms. The zero-order valence-electron chi connectivity index (χ0n) is 11.5. The molecule has 0 radical (unpaired) electrons. The second-order valence-electron chi connectivity index (χ2n) is 5.02. The highest BCUT2D eigenvalue weighted by atomic mass is 32.2. The van der Waals surface area contributed by atoms with Gasteiger partial charge in [-0.25, -0.2) is 8.42 Å². The van der Waals surface area contributed by atoms with Crippen LogP contribution in [0.4, 0.5) is 0 Å². The maximum absolute atomic E-state index is 11.5. The second-order valence-corrected chi connectivity index (χ2v) is 7.21. The third-order valence-corrected chi connectivity index (χ3v) is 4.19. The van der Waals surface area contributed by atoms with Crippen LogP contribution in [0, 0.1) is 0 Å². The van der Waals surface area contributed by atoms with Crippen LogP contribution in [0.2, 0.25) is 0 Å². The zero-order valence-corrected chi connectivity index (χ0v) is 12.3. The molecule has 0 spiro atoms. The molecule has 2 rings (SSSR count). The van der Waals surface area contributed by atoms with Gasteiger partial charge in [0.15, 0.2) is 0 Å². The molecular weight excluding hydrogens is 262 g/mol. The molecule has 0 saturated heterocycles. The molecule has 0 aliphatic carbocycles. The van der Waals surface area contributed by atoms with Crippen molar-refractivity contribution in [3.63, 3.8) is 0 Å². The molecule has 0 amide bonds. The molecule has 1 aromatic carbocycles. The average molecular weight is 283 g/mol. The first-order valence-electron chi connectivity index (χ1n) is 6.66. The molecule has 1 aliphatic heterocycles. The van der Waals surface area contributed by atoms with E-state index in [0.29, 0.717) is 0 Å². The number of rotatable bonds is 5. The van der Waals surface area contributed by atoms with Gasteiger partial charge in [-0.2, -0.15) is 0 Å². The summed E-state index contributed by atoms with van der Waals surface area (Å²) in [6.45, 7) is 3.50. The number of aryl methyl sites for hydroxylation is 1. The van der Waals surface area contributed by atoms with Crippen molar-refractivity contribution < 1.29 is 13.2 Å². The number of nitrogens with one attached hydrogen (secondary N) is 1. The predicted octanol–water partition coefficient (Wildman–Crippen LogP) is 1.71. The molecule has 1 unspecified atom stereocenters. The van der Waals surface area contributed by atoms with Crippen molar-refractivity contribution >= 4 is 9.84 Å². The Bertz CT molecular complexity index is 540. The summed E-state index contributed by atoms with van der Waals surface area (Å²) in [4.78, 5) is 0. The molecule has 1 aromatic rings. The maximum Gasteiger partial charge on any atom is 0.149 e. The summed E-state index contributed by atoms with van der Waals surface area (Å²) in [5.74, 6) is 1.06. The first-order chi connectivity index (χ1) is 8.99. The van der Waals surface area contributed by atoms with E-state index in [2.05, 4.69) is 11.4 Å². The van der Waals surface area contributed by atoms with E-state index < -0.39 is 9.84 Å². The van der Waals surface area contributed by atoms with Crippen molar-refractivity contribution in [3.05, 3.63) is 29.3 Å². The molecule has 0 bridgehead atoms. The summed E-state index contributed by atoms with van der Waals surface area (Å²) in [5, 5.41) is 3.24. The SMILES string of the molecule is CCNC(CS(C)(=O)=O)c1ccc2c(c1)CCCO2. The molecule has 4 nitrogen and oxygen atoms in total. The quantitative estimate of drug-likeness (QED) is 0.894. The monoisotopic (exact) mass is 283 g/mol. The first-order valence-corrected chi connectivity index (χ1v) is 8.72. The number of sulfone groups is 1. The molecule has 106 valence electrons. The molecule has 1 N–H and O–H groups in total. The highest BCUT2D eigenvalue weighted by Gasteiger charge is 2.19. The Morgan fingerprint density at radius 1 is 1.42 bits per heavy atom. The Hall–Kier alpha value is -1.07. The van der Waals surface area contributed by atoms with E-state index in [1.54, 1.807) is 0 Å². The number of ether oxygens (including phenoxy) is 1. The normalized spacial score (nSPS) is 16.5. The summed E-state index contributed by atoms with van der Waals surface area (Å²) >= 11 is 0. The summed E-state index contributed by atoms with van der Waals surface area (Å²) in [7, 11) is -3.01. The lowest BCUT2D eigenvalue weighted by Crippen LogP contribution is -2.27. The lowest BCUT2D eigenvalue weighted by molar-refractivity contribution is 0.288. The van der Waals surface area contributed by atoms with E-state index in [-0.39, 0.29) is 11.8 Å². The predicted molar refractivity (Wildman–Crippen MR) is 76.4 cm³/mol. The van der Waals surface area contributed by atoms with Crippen LogP contribution < -0.4 is 10.1 Å². The Labute approximate surface area is 115 Å². The molecule has 5 heteroatoms. The Morgan fingerprint density at radius 2 is 2.21 bits per heavy atom. The molecular formula is C14H21NO3S. The molecule has 0 aromatic heterocycles. The lowest BCUT2D eigenvalue weighted by atomic mass is 10.00. The van der Waals surface area contributed by atoms with Crippen molar-refractivity contribution in [2.24, 2.45) is 0 Å². The van der Waals surface area contributed by atoms with Gasteiger partial charge in [-0.3, -0.25) is 0 Å². The third-order valence-electron chi connectivity index (χ3n) is 3.25. The second kappa shape index (κ2) is 5.92. The van der Waals surface area contributed by atoms with E-state index in [1.807, 2.05) is 19.1 Å². The highest BCUT2D eigenvalue weighted by molar-refractivity contribution is 7.90. The van der Waals surface area contributed by atoms with Crippen LogP contribution in [0.5, 0.6) is 5.75 Å². The van der Waals surface area contributed by atoms with E-state index in [4.69, 9.17) is 4.74 Å². The average Bonchev–Trinajstić information content (AvgIpc) is 2.36. The van der Waals surface area contributed by atoms with Crippen LogP contribution in [0.15, 0.2) is 18.2 Å². The van der Waals surface area contributed by atoms with Gasteiger partial charge in [-0.05, 0) is 36.6 Å². The number of fused-ring (bicyclic) bond motifs is 1. The molecule has 0 fully saturated rings. The van der Waals surface area contributed by atoms with Crippen molar-refractivity contribution in [3.8, 4) is 5.75 Å². The largest absolute Gasteiger partial charge is 0.493 e. The molecule has 1 atom stereocenters. The number of hydrogen-bond acceptors (Lipinski definition) is 4. The van der Waals surface area contributed by atoms with Crippen LogP contribution in [0.1, 0.15) is 30.5 Å². The van der Waals surface area contributed by atoms with E-state index in [9.17, 15) is 8.42 Å². The van der Waals surface area contributed by atoms with Crippen LogP contribution >= 0.6 is 0 Å². The van der Waals surface area contributed by atoms with Gasteiger partial charge in [-0.15, -0.1) is 0 Å². The van der Waals surface area contributed by atoms with Gasteiger partial charge in [0, 0.05) is 12.3 Å². The molecule has 1 aliphatic rings. The number of hydrogen-bond donors (Lipinski definition) is 1. The summed E-state index contributed by atoms with van der Waals surface area (Å²) in [5.41, 5.74) is 2.21. The van der Waals surface area contributed by atoms with Gasteiger partial charge in [0.25, 0.3) is 0 Å². The van der Waals surface area contributed by atoms with Crippen LogP contribution in [0.25, 0.3) is 0 Å². The summed E-state index contributed by atoms with van der Waals surface area (Å²) in [6.07, 6.45) is 3.30. The van der Waals surface area contributed by atoms with Crippen LogP contribution in [-0.2, 0) is 16.3 Å². The fourth-order valence-electron chi connectivity index (χ4n) is 2.42. The Balaban J connectivity index is 2.26. The van der Waals surface area contributed by atoms with Gasteiger partial charge < -0.3 is 10.1 Å². The van der Waals surface area contributed by atoms with E-state index in [1.165, 1.54) is 11.8 Å². The number of benzene rings is 1. The van der Waals surface area contributed by atoms with Gasteiger partial charge in [0.1, 0.15) is 15.6 Å². The van der Waals surface area contributed by atoms with Crippen molar-refractivity contribution in [1.82, 2.24) is 5.32 Å². The summed E-state index contributed by atoms with van der Waals surface area (Å²) in [6, 6.07) is 5.85. The minimum absolute atomic E-state index is 0.125. The lowest BCUT2D eigenvalue weighted by Gasteiger charge is -2.22. The molecule has 0 saturated carbocycles. The van der Waals surface area contributed by atoms with Gasteiger partial charge in [0.05, 0.1) is 12.4 Å². The zero-order chi connectivity index (χ0) is 13.9. The first kappa shape index (κ1) is 14.3. The van der Waals surface area contributed by atoms with Crippen molar-refractivity contribution in [2.75, 3.05) is 25.2 Å². The summed E-state index contributed by atoms with van der Waals surface area (Å²) < 4.78 is 28.6. The maximum atomic E-state index is 11.5. The van der Waals surface area contributed by atoms with E-state index >= 15 is 0 Å². The highest BCUT2D eigenvalue weighted by Crippen LogP contribution is 2.28. The smallest absolute Gasteiger partial charge is 0.149 e. The van der Waals surface area contributed by atoms with Crippen LogP contribution in [0.3, 0.4) is 0 Å². The fourth-order valence-corrected chi connectivity index (χ4v) is 3.33. The third kappa shape index (κ3) is 3.94. The van der Waals surface area contributed by atoms with Gasteiger partial charge in [-0.1, -0.05) is 19.1 Å². The molecule has 1 heterocycles. The Kier molecular flexibility index (Phi) is 4.47. The standard InChI is InChI=1S/C14H21NO3S/c1-3-15-13(10-19(2,16)17)11-6-7-14-12(9-11)5-4-8-18-14/h6-7,9,13,15H,3-5,8,10H2,1-2H3. The van der Waals surface area contributed by atoms with Gasteiger partial charge >= 0.3 is 0 Å². The van der Waals surface area contributed by atoms with Gasteiger partial charge in [0.2, 0.25) is 0 Å². The fraction of sp³-hybridized carbons (Fsp3) is 0.571. The van der Waals surface area contributed by atoms with E-state index in [0.717, 1.165) is 37.3 Å². The van der Waals surface area contributed by atoms with Crippen LogP contribution in [-0.4, -0.2) is 33.6 Å². The van der Waals surface area contributed by atoms with Crippen molar-refractivity contribution in [2.45, 2.75) is 25.8 Å². The minimum Gasteiger partial charge on any atom is -0.493 e. The Morgan fingerprint density at radius 3 is 2.89 bits per heavy atom. The topological polar surface area (TPSA) is 55.4 Å². The minimum atomic E-state index is -3.01.